The van der Waals surface area contributed by atoms with Crippen molar-refractivity contribution in [3.05, 3.63) is 65.4 Å². The van der Waals surface area contributed by atoms with E-state index < -0.39 is 0 Å². The summed E-state index contributed by atoms with van der Waals surface area (Å²) in [6.45, 7) is 1.96. The second-order valence-electron chi connectivity index (χ2n) is 4.96. The number of hydrogen-bond donors (Lipinski definition) is 3. The van der Waals surface area contributed by atoms with Gasteiger partial charge in [0.15, 0.2) is 0 Å². The van der Waals surface area contributed by atoms with Gasteiger partial charge in [-0.2, -0.15) is 5.10 Å². The lowest BCUT2D eigenvalue weighted by Gasteiger charge is -2.00. The third-order valence-corrected chi connectivity index (χ3v) is 3.41. The normalized spacial score (nSPS) is 11.1. The van der Waals surface area contributed by atoms with E-state index in [-0.39, 0.29) is 11.7 Å². The highest BCUT2D eigenvalue weighted by Gasteiger charge is 2.07. The van der Waals surface area contributed by atoms with E-state index in [1.165, 1.54) is 12.1 Å². The van der Waals surface area contributed by atoms with E-state index in [4.69, 9.17) is 0 Å². The number of amides is 1. The van der Waals surface area contributed by atoms with Crippen LogP contribution in [0.5, 0.6) is 5.75 Å². The van der Waals surface area contributed by atoms with Crippen LogP contribution >= 0.6 is 0 Å². The van der Waals surface area contributed by atoms with Crippen LogP contribution in [0.2, 0.25) is 0 Å². The molecular weight excluding hydrogens is 278 g/mol. The Morgan fingerprint density at radius 1 is 1.23 bits per heavy atom. The van der Waals surface area contributed by atoms with Crippen LogP contribution in [0.15, 0.2) is 53.6 Å². The molecule has 1 amide bonds. The number of nitrogens with zero attached hydrogens (tertiary/aromatic N) is 1. The molecule has 3 N–H and O–H groups in total. The van der Waals surface area contributed by atoms with Crippen molar-refractivity contribution < 1.29 is 9.90 Å². The first-order chi connectivity index (χ1) is 10.6. The van der Waals surface area contributed by atoms with Gasteiger partial charge in [0.05, 0.1) is 6.21 Å². The molecule has 1 aromatic heterocycles. The third kappa shape index (κ3) is 2.69. The summed E-state index contributed by atoms with van der Waals surface area (Å²) in [6, 6.07) is 14.0. The van der Waals surface area contributed by atoms with Gasteiger partial charge in [-0.1, -0.05) is 24.3 Å². The Morgan fingerprint density at radius 2 is 2.05 bits per heavy atom. The number of aromatic amines is 1. The maximum Gasteiger partial charge on any atom is 0.271 e. The molecule has 0 atom stereocenters. The second kappa shape index (κ2) is 5.73. The van der Waals surface area contributed by atoms with Gasteiger partial charge in [-0.15, -0.1) is 0 Å². The van der Waals surface area contributed by atoms with Gasteiger partial charge in [-0.05, 0) is 31.2 Å². The monoisotopic (exact) mass is 293 g/mol. The first-order valence-electron chi connectivity index (χ1n) is 6.85. The van der Waals surface area contributed by atoms with Gasteiger partial charge in [-0.3, -0.25) is 4.79 Å². The van der Waals surface area contributed by atoms with Crippen molar-refractivity contribution in [3.8, 4) is 5.75 Å². The Morgan fingerprint density at radius 3 is 2.86 bits per heavy atom. The molecular formula is C17H15N3O2. The van der Waals surface area contributed by atoms with Crippen molar-refractivity contribution in [1.29, 1.82) is 0 Å². The SMILES string of the molecule is Cc1[nH]c2ccccc2c1C=NNC(=O)c1cccc(O)c1. The highest BCUT2D eigenvalue weighted by molar-refractivity contribution is 6.01. The molecule has 0 saturated carbocycles. The number of H-pyrrole nitrogens is 1. The first kappa shape index (κ1) is 13.9. The van der Waals surface area contributed by atoms with Crippen LogP contribution in [0.1, 0.15) is 21.6 Å². The van der Waals surface area contributed by atoms with Gasteiger partial charge in [0.2, 0.25) is 0 Å². The van der Waals surface area contributed by atoms with Gasteiger partial charge in [0.1, 0.15) is 5.75 Å². The minimum absolute atomic E-state index is 0.0455. The van der Waals surface area contributed by atoms with Gasteiger partial charge >= 0.3 is 0 Å². The molecule has 5 heteroatoms. The minimum Gasteiger partial charge on any atom is -0.508 e. The van der Waals surface area contributed by atoms with E-state index in [1.54, 1.807) is 18.3 Å². The number of carbonyl (C=O) groups is 1. The number of aryl methyl sites for hydroxylation is 1. The number of phenols is 1. The fourth-order valence-electron chi connectivity index (χ4n) is 2.33. The van der Waals surface area contributed by atoms with Crippen molar-refractivity contribution in [2.75, 3.05) is 0 Å². The number of para-hydroxylation sites is 1. The molecule has 0 aliphatic rings. The molecule has 0 aliphatic carbocycles. The van der Waals surface area contributed by atoms with Crippen LogP contribution in [0.25, 0.3) is 10.9 Å². The van der Waals surface area contributed by atoms with Crippen molar-refractivity contribution in [3.63, 3.8) is 0 Å². The Balaban J connectivity index is 1.79. The molecule has 1 heterocycles. The number of phenolic OH excluding ortho intramolecular Hbond substituents is 1. The molecule has 110 valence electrons. The Labute approximate surface area is 127 Å². The molecule has 2 aromatic carbocycles. The smallest absolute Gasteiger partial charge is 0.271 e. The zero-order valence-corrected chi connectivity index (χ0v) is 12.0. The average Bonchev–Trinajstić information content (AvgIpc) is 2.83. The summed E-state index contributed by atoms with van der Waals surface area (Å²) in [5.74, 6) is -0.325. The van der Waals surface area contributed by atoms with E-state index in [0.29, 0.717) is 5.56 Å². The number of carbonyl (C=O) groups excluding carboxylic acids is 1. The summed E-state index contributed by atoms with van der Waals surface area (Å²) in [5.41, 5.74) is 5.76. The van der Waals surface area contributed by atoms with E-state index in [2.05, 4.69) is 15.5 Å². The molecule has 3 aromatic rings. The maximum atomic E-state index is 11.9. The third-order valence-electron chi connectivity index (χ3n) is 3.41. The molecule has 0 aliphatic heterocycles. The first-order valence-corrected chi connectivity index (χ1v) is 6.85. The van der Waals surface area contributed by atoms with Crippen molar-refractivity contribution in [1.82, 2.24) is 10.4 Å². The van der Waals surface area contributed by atoms with E-state index in [9.17, 15) is 9.90 Å². The zero-order valence-electron chi connectivity index (χ0n) is 12.0. The van der Waals surface area contributed by atoms with E-state index >= 15 is 0 Å². The van der Waals surface area contributed by atoms with Crippen molar-refractivity contribution >= 4 is 23.0 Å². The summed E-state index contributed by atoms with van der Waals surface area (Å²) in [5, 5.41) is 14.4. The Bertz CT molecular complexity index is 865. The quantitative estimate of drug-likeness (QED) is 0.513. The molecule has 5 nitrogen and oxygen atoms in total. The molecule has 22 heavy (non-hydrogen) atoms. The van der Waals surface area contributed by atoms with Gasteiger partial charge in [-0.25, -0.2) is 5.43 Å². The fraction of sp³-hybridized carbons (Fsp3) is 0.0588. The molecule has 0 spiro atoms. The Hall–Kier alpha value is -3.08. The lowest BCUT2D eigenvalue weighted by molar-refractivity contribution is 0.0954. The summed E-state index contributed by atoms with van der Waals surface area (Å²) in [6.07, 6.45) is 1.62. The number of hydrazone groups is 1. The molecule has 0 radical (unpaired) electrons. The molecule has 0 bridgehead atoms. The van der Waals surface area contributed by atoms with Gasteiger partial charge in [0.25, 0.3) is 5.91 Å². The van der Waals surface area contributed by atoms with Crippen LogP contribution < -0.4 is 5.43 Å². The standard InChI is InChI=1S/C17H15N3O2/c1-11-15(14-7-2-3-8-16(14)19-11)10-18-20-17(22)12-5-4-6-13(21)9-12/h2-10,19,21H,1H3,(H,20,22). The number of nitrogens with one attached hydrogen (secondary N) is 2. The molecule has 0 fully saturated rings. The van der Waals surface area contributed by atoms with Crippen LogP contribution in [-0.2, 0) is 0 Å². The highest BCUT2D eigenvalue weighted by Crippen LogP contribution is 2.19. The van der Waals surface area contributed by atoms with Crippen LogP contribution in [0.3, 0.4) is 0 Å². The number of benzene rings is 2. The molecule has 0 saturated heterocycles. The van der Waals surface area contributed by atoms with Crippen molar-refractivity contribution in [2.45, 2.75) is 6.92 Å². The van der Waals surface area contributed by atoms with Gasteiger partial charge < -0.3 is 10.1 Å². The zero-order chi connectivity index (χ0) is 15.5. The predicted octanol–water partition coefficient (Wildman–Crippen LogP) is 2.95. The maximum absolute atomic E-state index is 11.9. The van der Waals surface area contributed by atoms with Gasteiger partial charge in [0, 0.05) is 27.7 Å². The fourth-order valence-corrected chi connectivity index (χ4v) is 2.33. The predicted molar refractivity (Wildman–Crippen MR) is 86.2 cm³/mol. The number of aromatic nitrogens is 1. The lowest BCUT2D eigenvalue weighted by Crippen LogP contribution is -2.17. The van der Waals surface area contributed by atoms with Crippen LogP contribution in [-0.4, -0.2) is 22.2 Å². The van der Waals surface area contributed by atoms with Crippen LogP contribution in [0, 0.1) is 6.92 Å². The van der Waals surface area contributed by atoms with Crippen molar-refractivity contribution in [2.24, 2.45) is 5.10 Å². The number of aromatic hydroxyl groups is 1. The second-order valence-corrected chi connectivity index (χ2v) is 4.96. The number of rotatable bonds is 3. The lowest BCUT2D eigenvalue weighted by atomic mass is 10.1. The highest BCUT2D eigenvalue weighted by atomic mass is 16.3. The van der Waals surface area contributed by atoms with E-state index in [0.717, 1.165) is 22.2 Å². The molecule has 3 rings (SSSR count). The average molecular weight is 293 g/mol. The summed E-state index contributed by atoms with van der Waals surface area (Å²) < 4.78 is 0. The topological polar surface area (TPSA) is 77.5 Å². The largest absolute Gasteiger partial charge is 0.508 e. The number of fused-ring (bicyclic) bond motifs is 1. The summed E-state index contributed by atoms with van der Waals surface area (Å²) >= 11 is 0. The number of hydrogen-bond acceptors (Lipinski definition) is 3. The van der Waals surface area contributed by atoms with Crippen LogP contribution in [0.4, 0.5) is 0 Å². The Kier molecular flexibility index (Phi) is 3.62. The summed E-state index contributed by atoms with van der Waals surface area (Å²) in [7, 11) is 0. The summed E-state index contributed by atoms with van der Waals surface area (Å²) in [4.78, 5) is 15.2. The minimum atomic E-state index is -0.371. The van der Waals surface area contributed by atoms with E-state index in [1.807, 2.05) is 31.2 Å². The molecule has 0 unspecified atom stereocenters.